The van der Waals surface area contributed by atoms with Crippen molar-refractivity contribution in [1.29, 1.82) is 0 Å². The number of ether oxygens (including phenoxy) is 2. The molecule has 0 unspecified atom stereocenters. The zero-order valence-electron chi connectivity index (χ0n) is 16.2. The van der Waals surface area contributed by atoms with Crippen molar-refractivity contribution in [3.05, 3.63) is 42.0 Å². The van der Waals surface area contributed by atoms with E-state index in [1.54, 1.807) is 0 Å². The van der Waals surface area contributed by atoms with Crippen molar-refractivity contribution in [2.24, 2.45) is 5.73 Å². The molecule has 30 heavy (non-hydrogen) atoms. The second-order valence-corrected chi connectivity index (χ2v) is 6.32. The first-order chi connectivity index (χ1) is 14.3. The number of hydrogen-bond donors (Lipinski definition) is 5. The largest absolute Gasteiger partial charge is 0.508 e. The maximum Gasteiger partial charge on any atom is 0.338 e. The molecule has 2 heterocycles. The van der Waals surface area contributed by atoms with Gasteiger partial charge in [0, 0.05) is 0 Å². The summed E-state index contributed by atoms with van der Waals surface area (Å²) in [7, 11) is 0. The maximum atomic E-state index is 11.2. The molecule has 1 aromatic heterocycles. The van der Waals surface area contributed by atoms with Crippen molar-refractivity contribution in [1.82, 2.24) is 14.8 Å². The number of phenolic OH excluding ortho intramolecular Hbond substituents is 1. The fourth-order valence-corrected chi connectivity index (χ4v) is 2.48. The molecular weight excluding hydrogens is 400 g/mol. The van der Waals surface area contributed by atoms with E-state index in [0.29, 0.717) is 12.2 Å². The molecule has 2 aromatic rings. The van der Waals surface area contributed by atoms with Gasteiger partial charge in [0.1, 0.15) is 30.4 Å². The third-order valence-electron chi connectivity index (χ3n) is 4.05. The van der Waals surface area contributed by atoms with Gasteiger partial charge in [-0.2, -0.15) is 0 Å². The molecule has 0 saturated carbocycles. The monoisotopic (exact) mass is 424 g/mol. The normalized spacial score (nSPS) is 22.8. The zero-order chi connectivity index (χ0) is 22.3. The molecule has 164 valence electrons. The molecule has 0 radical (unpaired) electrons. The summed E-state index contributed by atoms with van der Waals surface area (Å²) in [5, 5.41) is 40.7. The van der Waals surface area contributed by atoms with E-state index in [-0.39, 0.29) is 17.5 Å². The summed E-state index contributed by atoms with van der Waals surface area (Å²) in [5.74, 6) is -1.23. The number of aliphatic hydroxyl groups excluding tert-OH is 3. The molecule has 6 N–H and O–H groups in total. The molecule has 1 fully saturated rings. The van der Waals surface area contributed by atoms with Crippen LogP contribution in [0.4, 0.5) is 0 Å². The molecule has 1 aliphatic rings. The number of carbonyl (C=O) groups is 2. The SMILES string of the molecule is CCCOC(=O)c1ccc(O)cc1.NC(=O)c1ncn([C@@H]2O[C@H](CO)[C@@H](O)[C@H]2O)n1. The number of nitrogens with zero attached hydrogens (tertiary/aromatic N) is 3. The Morgan fingerprint density at radius 2 is 1.90 bits per heavy atom. The van der Waals surface area contributed by atoms with E-state index < -0.39 is 37.1 Å². The lowest BCUT2D eigenvalue weighted by Crippen LogP contribution is -2.33. The van der Waals surface area contributed by atoms with E-state index in [9.17, 15) is 19.8 Å². The number of hydrogen-bond acceptors (Lipinski definition) is 10. The van der Waals surface area contributed by atoms with E-state index in [0.717, 1.165) is 17.4 Å². The van der Waals surface area contributed by atoms with Gasteiger partial charge in [-0.15, -0.1) is 5.10 Å². The van der Waals surface area contributed by atoms with E-state index in [4.69, 9.17) is 25.4 Å². The molecule has 0 bridgehead atoms. The molecule has 1 amide bonds. The quantitative estimate of drug-likeness (QED) is 0.357. The summed E-state index contributed by atoms with van der Waals surface area (Å²) < 4.78 is 11.1. The smallest absolute Gasteiger partial charge is 0.338 e. The first-order valence-electron chi connectivity index (χ1n) is 9.08. The molecule has 0 aliphatic carbocycles. The molecule has 1 aliphatic heterocycles. The topological polar surface area (TPSA) is 190 Å². The first kappa shape index (κ1) is 23.2. The number of amides is 1. The van der Waals surface area contributed by atoms with Crippen LogP contribution in [-0.2, 0) is 9.47 Å². The second-order valence-electron chi connectivity index (χ2n) is 6.32. The summed E-state index contributed by atoms with van der Waals surface area (Å²) in [5.41, 5.74) is 5.44. The average molecular weight is 424 g/mol. The van der Waals surface area contributed by atoms with Crippen LogP contribution in [0.1, 0.15) is 40.5 Å². The lowest BCUT2D eigenvalue weighted by Gasteiger charge is -2.13. The summed E-state index contributed by atoms with van der Waals surface area (Å²) >= 11 is 0. The van der Waals surface area contributed by atoms with Crippen molar-refractivity contribution < 1.29 is 39.5 Å². The summed E-state index contributed by atoms with van der Waals surface area (Å²) in [4.78, 5) is 25.6. The van der Waals surface area contributed by atoms with Crippen LogP contribution in [0, 0.1) is 0 Å². The lowest BCUT2D eigenvalue weighted by molar-refractivity contribution is -0.0588. The van der Waals surface area contributed by atoms with Gasteiger partial charge in [-0.05, 0) is 30.7 Å². The van der Waals surface area contributed by atoms with Gasteiger partial charge < -0.3 is 35.6 Å². The van der Waals surface area contributed by atoms with Crippen molar-refractivity contribution in [3.63, 3.8) is 0 Å². The molecule has 4 atom stereocenters. The maximum absolute atomic E-state index is 11.2. The number of aromatic hydroxyl groups is 1. The number of aliphatic hydroxyl groups is 3. The number of esters is 1. The van der Waals surface area contributed by atoms with E-state index in [1.807, 2.05) is 6.92 Å². The highest BCUT2D eigenvalue weighted by molar-refractivity contribution is 5.89. The van der Waals surface area contributed by atoms with Gasteiger partial charge in [0.15, 0.2) is 6.23 Å². The minimum Gasteiger partial charge on any atom is -0.508 e. The van der Waals surface area contributed by atoms with Gasteiger partial charge in [-0.3, -0.25) is 4.79 Å². The van der Waals surface area contributed by atoms with Crippen LogP contribution in [0.15, 0.2) is 30.6 Å². The number of aromatic nitrogens is 3. The Morgan fingerprint density at radius 1 is 1.23 bits per heavy atom. The minimum atomic E-state index is -1.27. The van der Waals surface area contributed by atoms with Gasteiger partial charge in [0.25, 0.3) is 5.91 Å². The third kappa shape index (κ3) is 5.73. The molecule has 1 aromatic carbocycles. The Kier molecular flexibility index (Phi) is 8.24. The Bertz CT molecular complexity index is 841. The van der Waals surface area contributed by atoms with Crippen LogP contribution in [0.25, 0.3) is 0 Å². The van der Waals surface area contributed by atoms with Gasteiger partial charge in [0.05, 0.1) is 18.8 Å². The second kappa shape index (κ2) is 10.6. The number of primary amides is 1. The number of phenols is 1. The fraction of sp³-hybridized carbons (Fsp3) is 0.444. The molecule has 12 nitrogen and oxygen atoms in total. The highest BCUT2D eigenvalue weighted by Crippen LogP contribution is 2.28. The first-order valence-corrected chi connectivity index (χ1v) is 9.08. The summed E-state index contributed by atoms with van der Waals surface area (Å²) in [6, 6.07) is 5.99. The van der Waals surface area contributed by atoms with Crippen LogP contribution >= 0.6 is 0 Å². The number of nitrogens with two attached hydrogens (primary N) is 1. The highest BCUT2D eigenvalue weighted by atomic mass is 16.6. The Hall–Kier alpha value is -3.06. The predicted molar refractivity (Wildman–Crippen MR) is 100 cm³/mol. The predicted octanol–water partition coefficient (Wildman–Crippen LogP) is -1.05. The summed E-state index contributed by atoms with van der Waals surface area (Å²) in [6.07, 6.45) is -2.45. The Morgan fingerprint density at radius 3 is 2.40 bits per heavy atom. The number of carbonyl (C=O) groups excluding carboxylic acids is 2. The average Bonchev–Trinajstić information content (AvgIpc) is 3.33. The molecule has 3 rings (SSSR count). The molecular formula is C18H24N4O8. The number of benzene rings is 1. The minimum absolute atomic E-state index is 0.145. The lowest BCUT2D eigenvalue weighted by atomic mass is 10.1. The van der Waals surface area contributed by atoms with Crippen LogP contribution < -0.4 is 5.73 Å². The summed E-state index contributed by atoms with van der Waals surface area (Å²) in [6.45, 7) is 1.93. The molecule has 1 saturated heterocycles. The molecule has 12 heteroatoms. The van der Waals surface area contributed by atoms with Gasteiger partial charge >= 0.3 is 5.97 Å². The van der Waals surface area contributed by atoms with Gasteiger partial charge in [-0.1, -0.05) is 6.92 Å². The fourth-order valence-electron chi connectivity index (χ4n) is 2.48. The van der Waals surface area contributed by atoms with Crippen LogP contribution in [-0.4, -0.2) is 78.6 Å². The standard InChI is InChI=1S/C10H12O3.C8H12N4O5/c1-2-7-13-10(12)8-3-5-9(11)6-4-8;9-6(16)7-10-2-12(11-7)8-5(15)4(14)3(1-13)17-8/h3-6,11H,2,7H2,1H3;2-5,8,13-15H,1H2,(H2,9,16)/t;3-,4-,5-,8-/m.1/s1. The van der Waals surface area contributed by atoms with Gasteiger partial charge in [-0.25, -0.2) is 14.5 Å². The molecule has 0 spiro atoms. The van der Waals surface area contributed by atoms with Crippen LogP contribution in [0.5, 0.6) is 5.75 Å². The van der Waals surface area contributed by atoms with Crippen LogP contribution in [0.2, 0.25) is 0 Å². The van der Waals surface area contributed by atoms with Crippen molar-refractivity contribution in [2.75, 3.05) is 13.2 Å². The van der Waals surface area contributed by atoms with Crippen molar-refractivity contribution in [3.8, 4) is 5.75 Å². The Balaban J connectivity index is 0.000000222. The van der Waals surface area contributed by atoms with E-state index in [1.165, 1.54) is 24.3 Å². The zero-order valence-corrected chi connectivity index (χ0v) is 16.2. The van der Waals surface area contributed by atoms with Crippen molar-refractivity contribution in [2.45, 2.75) is 37.9 Å². The van der Waals surface area contributed by atoms with E-state index >= 15 is 0 Å². The van der Waals surface area contributed by atoms with E-state index in [2.05, 4.69) is 10.1 Å². The number of rotatable bonds is 6. The van der Waals surface area contributed by atoms with Crippen molar-refractivity contribution >= 4 is 11.9 Å². The van der Waals surface area contributed by atoms with Crippen LogP contribution in [0.3, 0.4) is 0 Å². The Labute approximate surface area is 171 Å². The highest BCUT2D eigenvalue weighted by Gasteiger charge is 2.44. The van der Waals surface area contributed by atoms with Gasteiger partial charge in [0.2, 0.25) is 5.82 Å². The third-order valence-corrected chi connectivity index (χ3v) is 4.05.